The monoisotopic (exact) mass is 311 g/mol. The standard InChI is InChI=1S/C19H21NO3/c1-3-22-19(21)14(2)18(20)16-9-11-17(12-10-16)23-13-15-7-5-4-6-8-15/h4-12,18H,2-3,13,20H2,1H3. The molecule has 0 bridgehead atoms. The Morgan fingerprint density at radius 2 is 1.78 bits per heavy atom. The summed E-state index contributed by atoms with van der Waals surface area (Å²) in [4.78, 5) is 11.7. The molecular formula is C19H21NO3. The molecule has 0 saturated heterocycles. The molecule has 2 aromatic carbocycles. The first-order chi connectivity index (χ1) is 11.1. The maximum Gasteiger partial charge on any atom is 0.335 e. The zero-order chi connectivity index (χ0) is 16.7. The SMILES string of the molecule is C=C(C(=O)OCC)C(N)c1ccc(OCc2ccccc2)cc1. The molecular weight excluding hydrogens is 290 g/mol. The van der Waals surface area contributed by atoms with E-state index in [0.717, 1.165) is 16.9 Å². The molecule has 0 aliphatic heterocycles. The molecule has 120 valence electrons. The third kappa shape index (κ3) is 4.69. The Bertz CT molecular complexity index is 650. The summed E-state index contributed by atoms with van der Waals surface area (Å²) in [5, 5.41) is 0. The fourth-order valence-corrected chi connectivity index (χ4v) is 2.06. The molecule has 4 heteroatoms. The minimum atomic E-state index is -0.586. The first kappa shape index (κ1) is 16.8. The molecule has 0 saturated carbocycles. The molecule has 0 heterocycles. The zero-order valence-electron chi connectivity index (χ0n) is 13.2. The number of esters is 1. The van der Waals surface area contributed by atoms with Gasteiger partial charge < -0.3 is 15.2 Å². The number of rotatable bonds is 7. The molecule has 0 radical (unpaired) electrons. The van der Waals surface area contributed by atoms with Gasteiger partial charge in [0, 0.05) is 0 Å². The first-order valence-electron chi connectivity index (χ1n) is 7.50. The Balaban J connectivity index is 1.96. The van der Waals surface area contributed by atoms with Crippen molar-refractivity contribution in [1.82, 2.24) is 0 Å². The average Bonchev–Trinajstić information content (AvgIpc) is 2.60. The Labute approximate surface area is 136 Å². The van der Waals surface area contributed by atoms with Gasteiger partial charge in [0.05, 0.1) is 18.2 Å². The van der Waals surface area contributed by atoms with Crippen molar-refractivity contribution in [2.45, 2.75) is 19.6 Å². The normalized spacial score (nSPS) is 11.6. The lowest BCUT2D eigenvalue weighted by molar-refractivity contribution is -0.138. The van der Waals surface area contributed by atoms with E-state index in [4.69, 9.17) is 15.2 Å². The van der Waals surface area contributed by atoms with E-state index in [0.29, 0.717) is 13.2 Å². The highest BCUT2D eigenvalue weighted by Gasteiger charge is 2.17. The maximum atomic E-state index is 11.7. The van der Waals surface area contributed by atoms with Gasteiger partial charge in [-0.1, -0.05) is 49.0 Å². The first-order valence-corrected chi connectivity index (χ1v) is 7.50. The average molecular weight is 311 g/mol. The molecule has 2 N–H and O–H groups in total. The molecule has 1 unspecified atom stereocenters. The van der Waals surface area contributed by atoms with Crippen LogP contribution in [0.15, 0.2) is 66.7 Å². The van der Waals surface area contributed by atoms with Crippen LogP contribution in [0.25, 0.3) is 0 Å². The van der Waals surface area contributed by atoms with E-state index < -0.39 is 12.0 Å². The van der Waals surface area contributed by atoms with E-state index in [1.807, 2.05) is 54.6 Å². The second-order valence-corrected chi connectivity index (χ2v) is 5.07. The largest absolute Gasteiger partial charge is 0.489 e. The van der Waals surface area contributed by atoms with Gasteiger partial charge >= 0.3 is 5.97 Å². The fourth-order valence-electron chi connectivity index (χ4n) is 2.06. The maximum absolute atomic E-state index is 11.7. The van der Waals surface area contributed by atoms with Crippen LogP contribution in [0.5, 0.6) is 5.75 Å². The van der Waals surface area contributed by atoms with E-state index >= 15 is 0 Å². The minimum Gasteiger partial charge on any atom is -0.489 e. The molecule has 23 heavy (non-hydrogen) atoms. The summed E-state index contributed by atoms with van der Waals surface area (Å²) in [7, 11) is 0. The van der Waals surface area contributed by atoms with Gasteiger partial charge in [-0.2, -0.15) is 0 Å². The molecule has 0 aliphatic rings. The number of hydrogen-bond donors (Lipinski definition) is 1. The molecule has 0 aliphatic carbocycles. The van der Waals surface area contributed by atoms with Crippen LogP contribution < -0.4 is 10.5 Å². The van der Waals surface area contributed by atoms with Crippen LogP contribution in [-0.4, -0.2) is 12.6 Å². The van der Waals surface area contributed by atoms with Crippen molar-refractivity contribution in [3.05, 3.63) is 77.9 Å². The van der Waals surface area contributed by atoms with Crippen LogP contribution in [0.4, 0.5) is 0 Å². The molecule has 2 aromatic rings. The highest BCUT2D eigenvalue weighted by molar-refractivity contribution is 5.89. The number of carbonyl (C=O) groups is 1. The summed E-state index contributed by atoms with van der Waals surface area (Å²) in [6.45, 7) is 6.27. The number of nitrogens with two attached hydrogens (primary N) is 1. The summed E-state index contributed by atoms with van der Waals surface area (Å²) in [6.07, 6.45) is 0. The third-order valence-corrected chi connectivity index (χ3v) is 3.40. The number of carbonyl (C=O) groups excluding carboxylic acids is 1. The lowest BCUT2D eigenvalue weighted by Gasteiger charge is -2.14. The Morgan fingerprint density at radius 1 is 1.13 bits per heavy atom. The van der Waals surface area contributed by atoms with Crippen LogP contribution in [0.3, 0.4) is 0 Å². The zero-order valence-corrected chi connectivity index (χ0v) is 13.2. The van der Waals surface area contributed by atoms with Gasteiger partial charge in [0.2, 0.25) is 0 Å². The van der Waals surface area contributed by atoms with Crippen LogP contribution in [0, 0.1) is 0 Å². The van der Waals surface area contributed by atoms with Gasteiger partial charge in [0.25, 0.3) is 0 Å². The van der Waals surface area contributed by atoms with Crippen LogP contribution in [0.2, 0.25) is 0 Å². The van der Waals surface area contributed by atoms with Gasteiger partial charge in [-0.3, -0.25) is 0 Å². The van der Waals surface area contributed by atoms with Gasteiger partial charge in [0.15, 0.2) is 0 Å². The van der Waals surface area contributed by atoms with Crippen molar-refractivity contribution in [1.29, 1.82) is 0 Å². The number of hydrogen-bond acceptors (Lipinski definition) is 4. The summed E-state index contributed by atoms with van der Waals surface area (Å²) < 4.78 is 10.6. The molecule has 1 atom stereocenters. The van der Waals surface area contributed by atoms with E-state index in [2.05, 4.69) is 6.58 Å². The number of ether oxygens (including phenoxy) is 2. The van der Waals surface area contributed by atoms with Crippen molar-refractivity contribution >= 4 is 5.97 Å². The Hall–Kier alpha value is -2.59. The van der Waals surface area contributed by atoms with Crippen molar-refractivity contribution < 1.29 is 14.3 Å². The van der Waals surface area contributed by atoms with Crippen LogP contribution in [0.1, 0.15) is 24.1 Å². The van der Waals surface area contributed by atoms with Gasteiger partial charge in [-0.15, -0.1) is 0 Å². The predicted molar refractivity (Wildman–Crippen MR) is 89.9 cm³/mol. The predicted octanol–water partition coefficient (Wildman–Crippen LogP) is 3.38. The molecule has 0 aromatic heterocycles. The highest BCUT2D eigenvalue weighted by Crippen LogP contribution is 2.22. The molecule has 0 spiro atoms. The van der Waals surface area contributed by atoms with Crippen molar-refractivity contribution in [2.24, 2.45) is 5.73 Å². The van der Waals surface area contributed by atoms with E-state index in [1.54, 1.807) is 6.92 Å². The molecule has 0 fully saturated rings. The minimum absolute atomic E-state index is 0.241. The van der Waals surface area contributed by atoms with Crippen LogP contribution in [-0.2, 0) is 16.1 Å². The lowest BCUT2D eigenvalue weighted by atomic mass is 10.0. The molecule has 4 nitrogen and oxygen atoms in total. The highest BCUT2D eigenvalue weighted by atomic mass is 16.5. The topological polar surface area (TPSA) is 61.5 Å². The summed E-state index contributed by atoms with van der Waals surface area (Å²) in [5.41, 5.74) is 8.17. The van der Waals surface area contributed by atoms with E-state index in [1.165, 1.54) is 0 Å². The van der Waals surface area contributed by atoms with Crippen molar-refractivity contribution in [2.75, 3.05) is 6.61 Å². The summed E-state index contributed by atoms with van der Waals surface area (Å²) in [5.74, 6) is 0.274. The fraction of sp³-hybridized carbons (Fsp3) is 0.211. The van der Waals surface area contributed by atoms with Crippen molar-refractivity contribution in [3.63, 3.8) is 0 Å². The van der Waals surface area contributed by atoms with Crippen molar-refractivity contribution in [3.8, 4) is 5.75 Å². The quantitative estimate of drug-likeness (QED) is 0.629. The van der Waals surface area contributed by atoms with Gasteiger partial charge in [0.1, 0.15) is 12.4 Å². The number of benzene rings is 2. The van der Waals surface area contributed by atoms with Gasteiger partial charge in [-0.05, 0) is 30.2 Å². The smallest absolute Gasteiger partial charge is 0.335 e. The van der Waals surface area contributed by atoms with E-state index in [-0.39, 0.29) is 5.57 Å². The summed E-state index contributed by atoms with van der Waals surface area (Å²) >= 11 is 0. The van der Waals surface area contributed by atoms with Crippen LogP contribution >= 0.6 is 0 Å². The molecule has 0 amide bonds. The van der Waals surface area contributed by atoms with Gasteiger partial charge in [-0.25, -0.2) is 4.79 Å². The Morgan fingerprint density at radius 3 is 2.39 bits per heavy atom. The van der Waals surface area contributed by atoms with E-state index in [9.17, 15) is 4.79 Å². The third-order valence-electron chi connectivity index (χ3n) is 3.40. The lowest BCUT2D eigenvalue weighted by Crippen LogP contribution is -2.20. The Kier molecular flexibility index (Phi) is 5.94. The molecule has 2 rings (SSSR count). The summed E-state index contributed by atoms with van der Waals surface area (Å²) in [6, 6.07) is 16.7. The second-order valence-electron chi connectivity index (χ2n) is 5.07. The second kappa shape index (κ2) is 8.15.